The van der Waals surface area contributed by atoms with Gasteiger partial charge in [-0.3, -0.25) is 4.68 Å². The first kappa shape index (κ1) is 31.9. The van der Waals surface area contributed by atoms with E-state index in [4.69, 9.17) is 44.1 Å². The normalized spacial score (nSPS) is 12.1. The van der Waals surface area contributed by atoms with Crippen LogP contribution in [0.4, 0.5) is 0 Å². The number of benzene rings is 3. The molecule has 2 aromatic heterocycles. The molecule has 0 unspecified atom stereocenters. The first-order valence-corrected chi connectivity index (χ1v) is 15.5. The molecule has 5 aromatic rings. The van der Waals surface area contributed by atoms with Gasteiger partial charge in [0.25, 0.3) is 0 Å². The van der Waals surface area contributed by atoms with E-state index in [1.165, 1.54) is 0 Å². The summed E-state index contributed by atoms with van der Waals surface area (Å²) in [5.74, 6) is 0.311. The lowest BCUT2D eigenvalue weighted by molar-refractivity contribution is 0.0691. The number of aromatic carboxylic acids is 1. The zero-order valence-electron chi connectivity index (χ0n) is 25.4. The fourth-order valence-electron chi connectivity index (χ4n) is 5.44. The summed E-state index contributed by atoms with van der Waals surface area (Å²) in [6.07, 6.45) is 0.622. The fourth-order valence-corrected chi connectivity index (χ4v) is 6.26. The molecule has 0 aliphatic heterocycles. The minimum atomic E-state index is -1.04. The van der Waals surface area contributed by atoms with Gasteiger partial charge in [0.2, 0.25) is 0 Å². The van der Waals surface area contributed by atoms with E-state index in [0.29, 0.717) is 49.6 Å². The van der Waals surface area contributed by atoms with E-state index in [2.05, 4.69) is 24.1 Å². The van der Waals surface area contributed by atoms with Crippen LogP contribution in [0.3, 0.4) is 0 Å². The number of hydrogen-bond acceptors (Lipinski definition) is 5. The maximum Gasteiger partial charge on any atom is 0.357 e. The summed E-state index contributed by atoms with van der Waals surface area (Å²) >= 11 is 19.8. The van der Waals surface area contributed by atoms with Crippen molar-refractivity contribution in [1.82, 2.24) is 14.9 Å². The molecular weight excluding hydrogens is 621 g/mol. The highest BCUT2D eigenvalue weighted by molar-refractivity contribution is 6.39. The highest BCUT2D eigenvalue weighted by Gasteiger charge is 2.27. The Morgan fingerprint density at radius 2 is 1.70 bits per heavy atom. The first-order chi connectivity index (χ1) is 20.8. The number of hydrogen-bond donors (Lipinski definition) is 1. The molecule has 230 valence electrons. The van der Waals surface area contributed by atoms with Gasteiger partial charge in [0.1, 0.15) is 23.8 Å². The first-order valence-electron chi connectivity index (χ1n) is 14.4. The molecule has 0 aliphatic carbocycles. The lowest BCUT2D eigenvalue weighted by atomic mass is 9.78. The summed E-state index contributed by atoms with van der Waals surface area (Å²) in [4.78, 5) is 12.0. The second-order valence-electron chi connectivity index (χ2n) is 12.2. The van der Waals surface area contributed by atoms with Gasteiger partial charge < -0.3 is 14.4 Å². The molecule has 2 heterocycles. The van der Waals surface area contributed by atoms with Crippen molar-refractivity contribution < 1.29 is 19.2 Å². The summed E-state index contributed by atoms with van der Waals surface area (Å²) in [5, 5.41) is 20.6. The molecule has 0 aliphatic rings. The minimum Gasteiger partial charge on any atom is -0.489 e. The van der Waals surface area contributed by atoms with Crippen LogP contribution in [0.1, 0.15) is 86.4 Å². The Hall–Kier alpha value is -3.52. The quantitative estimate of drug-likeness (QED) is 0.161. The van der Waals surface area contributed by atoms with Crippen LogP contribution in [0.5, 0.6) is 5.75 Å². The number of fused-ring (bicyclic) bond motifs is 1. The second kappa shape index (κ2) is 12.5. The summed E-state index contributed by atoms with van der Waals surface area (Å²) in [6, 6.07) is 16.9. The summed E-state index contributed by atoms with van der Waals surface area (Å²) in [5.41, 5.74) is 4.36. The number of carboxylic acids is 1. The number of halogens is 3. The number of rotatable bonds is 10. The highest BCUT2D eigenvalue weighted by Crippen LogP contribution is 2.39. The van der Waals surface area contributed by atoms with Crippen LogP contribution >= 0.6 is 34.8 Å². The molecule has 3 aromatic carbocycles. The molecule has 0 atom stereocenters. The zero-order chi connectivity index (χ0) is 31.9. The molecule has 0 radical (unpaired) electrons. The van der Waals surface area contributed by atoms with Crippen molar-refractivity contribution in [1.29, 1.82) is 0 Å². The molecule has 0 amide bonds. The Kier molecular flexibility index (Phi) is 9.04. The van der Waals surface area contributed by atoms with E-state index in [9.17, 15) is 9.90 Å². The van der Waals surface area contributed by atoms with E-state index in [0.717, 1.165) is 22.2 Å². The van der Waals surface area contributed by atoms with Crippen molar-refractivity contribution in [2.75, 3.05) is 0 Å². The van der Waals surface area contributed by atoms with Crippen molar-refractivity contribution in [2.24, 2.45) is 0 Å². The third kappa shape index (κ3) is 6.19. The van der Waals surface area contributed by atoms with Crippen molar-refractivity contribution in [3.05, 3.63) is 97.8 Å². The molecule has 10 heteroatoms. The van der Waals surface area contributed by atoms with Crippen LogP contribution in [0.25, 0.3) is 22.2 Å². The number of carbonyl (C=O) groups is 1. The van der Waals surface area contributed by atoms with Gasteiger partial charge in [-0.25, -0.2) is 4.79 Å². The molecule has 0 saturated heterocycles. The van der Waals surface area contributed by atoms with Crippen LogP contribution < -0.4 is 4.74 Å². The molecule has 7 nitrogen and oxygen atoms in total. The topological polar surface area (TPSA) is 90.4 Å². The van der Waals surface area contributed by atoms with Crippen molar-refractivity contribution in [3.8, 4) is 17.0 Å². The molecular formula is C34H34Cl3N3O4. The van der Waals surface area contributed by atoms with E-state index >= 15 is 0 Å². The predicted molar refractivity (Wildman–Crippen MR) is 176 cm³/mol. The third-order valence-corrected chi connectivity index (χ3v) is 8.74. The average molecular weight is 655 g/mol. The molecule has 44 heavy (non-hydrogen) atoms. The van der Waals surface area contributed by atoms with Crippen LogP contribution in [0.15, 0.2) is 59.1 Å². The number of aromatic nitrogens is 3. The Labute approximate surface area is 271 Å². The van der Waals surface area contributed by atoms with Gasteiger partial charge in [0, 0.05) is 27.9 Å². The van der Waals surface area contributed by atoms with Crippen molar-refractivity contribution in [2.45, 2.75) is 71.9 Å². The number of ether oxygens (including phenoxy) is 1. The zero-order valence-corrected chi connectivity index (χ0v) is 27.7. The summed E-state index contributed by atoms with van der Waals surface area (Å²) < 4.78 is 13.7. The lowest BCUT2D eigenvalue weighted by Gasteiger charge is -2.26. The molecule has 5 rings (SSSR count). The van der Waals surface area contributed by atoms with Crippen LogP contribution in [0, 0.1) is 0 Å². The monoisotopic (exact) mass is 653 g/mol. The lowest BCUT2D eigenvalue weighted by Crippen LogP contribution is -2.20. The van der Waals surface area contributed by atoms with E-state index in [1.807, 2.05) is 58.0 Å². The van der Waals surface area contributed by atoms with Gasteiger partial charge in [-0.2, -0.15) is 5.10 Å². The van der Waals surface area contributed by atoms with Crippen LogP contribution in [0.2, 0.25) is 15.1 Å². The molecule has 0 saturated carbocycles. The maximum absolute atomic E-state index is 12.0. The average Bonchev–Trinajstić information content (AvgIpc) is 3.55. The second-order valence-corrected chi connectivity index (χ2v) is 13.4. The number of carboxylic acid groups (broad SMARTS) is 1. The molecule has 0 bridgehead atoms. The third-order valence-electron chi connectivity index (χ3n) is 7.76. The SMILES string of the molecule is CC(C)c1onc(-c2c(Cl)cccc2Cl)c1COc1ccc(CC(C)(C)c2ccc3c(c2)c(C(=O)O)nn3C(C)C)c(Cl)c1. The summed E-state index contributed by atoms with van der Waals surface area (Å²) in [6.45, 7) is 12.4. The van der Waals surface area contributed by atoms with E-state index in [1.54, 1.807) is 28.9 Å². The van der Waals surface area contributed by atoms with Gasteiger partial charge >= 0.3 is 5.97 Å². The highest BCUT2D eigenvalue weighted by atomic mass is 35.5. The Bertz CT molecular complexity index is 1840. The van der Waals surface area contributed by atoms with E-state index < -0.39 is 5.97 Å². The van der Waals surface area contributed by atoms with Gasteiger partial charge in [0.15, 0.2) is 5.69 Å². The van der Waals surface area contributed by atoms with Gasteiger partial charge in [-0.15, -0.1) is 0 Å². The summed E-state index contributed by atoms with van der Waals surface area (Å²) in [7, 11) is 0. The largest absolute Gasteiger partial charge is 0.489 e. The minimum absolute atomic E-state index is 0.0336. The molecule has 0 spiro atoms. The van der Waals surface area contributed by atoms with Gasteiger partial charge in [-0.05, 0) is 73.2 Å². The van der Waals surface area contributed by atoms with Crippen molar-refractivity contribution in [3.63, 3.8) is 0 Å². The van der Waals surface area contributed by atoms with Crippen LogP contribution in [-0.2, 0) is 18.4 Å². The standard InChI is InChI=1S/C34H34Cl3N3O4/c1-18(2)32-24(30(39-44-32)29-25(35)8-7-9-26(29)36)17-43-22-12-10-20(27(37)15-22)16-34(5,6)21-11-13-28-23(14-21)31(33(41)42)38-40(28)19(3)4/h7-15,18-19H,16-17H2,1-6H3,(H,41,42). The molecule has 1 N–H and O–H groups in total. The van der Waals surface area contributed by atoms with Gasteiger partial charge in [0.05, 0.1) is 21.1 Å². The van der Waals surface area contributed by atoms with Gasteiger partial charge in [-0.1, -0.05) is 85.9 Å². The Balaban J connectivity index is 1.39. The van der Waals surface area contributed by atoms with E-state index in [-0.39, 0.29) is 29.7 Å². The maximum atomic E-state index is 12.0. The number of nitrogens with zero attached hydrogens (tertiary/aromatic N) is 3. The fraction of sp³-hybridized carbons (Fsp3) is 0.324. The van der Waals surface area contributed by atoms with Crippen molar-refractivity contribution >= 4 is 51.7 Å². The predicted octanol–water partition coefficient (Wildman–Crippen LogP) is 10.2. The molecule has 0 fully saturated rings. The Morgan fingerprint density at radius 3 is 2.32 bits per heavy atom. The van der Waals surface area contributed by atoms with Crippen LogP contribution in [-0.4, -0.2) is 26.0 Å². The Morgan fingerprint density at radius 1 is 1.00 bits per heavy atom. The smallest absolute Gasteiger partial charge is 0.357 e.